The zero-order chi connectivity index (χ0) is 6.73. The highest BCUT2D eigenvalue weighted by Gasteiger charge is 1.41. The van der Waals surface area contributed by atoms with Gasteiger partial charge in [-0.05, 0) is 13.0 Å². The maximum Gasteiger partial charge on any atom is 0.554 e. The van der Waals surface area contributed by atoms with Gasteiger partial charge in [0, 0.05) is 0 Å². The molecule has 0 aromatic rings. The van der Waals surface area contributed by atoms with E-state index in [0.29, 0.717) is 0 Å². The van der Waals surface area contributed by atoms with Crippen LogP contribution < -0.4 is 0 Å². The fraction of sp³-hybridized carbons (Fsp3) is 0.333. The van der Waals surface area contributed by atoms with Gasteiger partial charge in [-0.1, -0.05) is 0 Å². The maximum atomic E-state index is 6.70. The van der Waals surface area contributed by atoms with Gasteiger partial charge in [-0.3, -0.25) is 0 Å². The molecule has 1 heteroatoms. The van der Waals surface area contributed by atoms with E-state index < -0.39 is 6.24 Å². The van der Waals surface area contributed by atoms with E-state index in [1.807, 2.05) is 0 Å². The first-order chi connectivity index (χ1) is 3.55. The molecule has 0 spiro atoms. The lowest BCUT2D eigenvalue weighted by molar-refractivity contribution is 0.472. The zero-order valence-electron chi connectivity index (χ0n) is 6.41. The van der Waals surface area contributed by atoms with E-state index in [1.165, 1.54) is 6.92 Å². The second kappa shape index (κ2) is 2.54. The van der Waals surface area contributed by atoms with Gasteiger partial charge in [-0.2, -0.15) is 0 Å². The minimum absolute atomic E-state index is 0.111. The summed E-state index contributed by atoms with van der Waals surface area (Å²) < 4.78 is 26.1. The first-order valence-corrected chi connectivity index (χ1v) is 0.954. The Hall–Kier alpha value is -0.460. The minimum atomic E-state index is -0.481. The van der Waals surface area contributed by atoms with Crippen LogP contribution in [0.25, 0.3) is 0 Å². The van der Waals surface area contributed by atoms with E-state index >= 15 is 0 Å². The molecular formula is C3H7O+. The number of hydrogen-bond acceptors (Lipinski definition) is 0. The normalized spacial score (nSPS) is 27.2. The molecule has 0 radical (unpaired) electrons. The number of allylic oxidation sites excluding steroid dienone is 1. The summed E-state index contributed by atoms with van der Waals surface area (Å²) in [7, 11) is 0. The van der Waals surface area contributed by atoms with Crippen molar-refractivity contribution < 1.29 is 7.85 Å². The summed E-state index contributed by atoms with van der Waals surface area (Å²) in [5.41, 5.74) is 0. The second-order valence-corrected chi connectivity index (χ2v) is 0.352. The highest BCUT2D eigenvalue weighted by atomic mass is 16.2. The fourth-order valence-corrected chi connectivity index (χ4v) is 0. The van der Waals surface area contributed by atoms with Crippen LogP contribution in [0, 0.1) is 0 Å². The monoisotopic (exact) mass is 63.1 g/mol. The molecule has 0 fully saturated rings. The van der Waals surface area contributed by atoms with Crippen molar-refractivity contribution in [3.8, 4) is 0 Å². The van der Waals surface area contributed by atoms with Gasteiger partial charge in [-0.15, -0.1) is 0 Å². The molecule has 2 N–H and O–H groups in total. The average molecular weight is 63.1 g/mol. The van der Waals surface area contributed by atoms with Gasteiger partial charge in [0.1, 0.15) is 0 Å². The van der Waals surface area contributed by atoms with Gasteiger partial charge < -0.3 is 5.11 Å². The standard InChI is InChI=1S/C3H6O/c1-2-3-4/h2-4H,1H3/p+1/b3-2+/i2D,3D/hD2. The molecule has 0 saturated heterocycles. The van der Waals surface area contributed by atoms with Gasteiger partial charge in [0.15, 0.2) is 1.37 Å². The Labute approximate surface area is 31.4 Å². The van der Waals surface area contributed by atoms with E-state index in [2.05, 4.69) is 0 Å². The van der Waals surface area contributed by atoms with Crippen LogP contribution in [-0.2, 0) is 0 Å². The van der Waals surface area contributed by atoms with Crippen LogP contribution >= 0.6 is 0 Å². The van der Waals surface area contributed by atoms with Crippen molar-refractivity contribution in [2.75, 3.05) is 0 Å². The van der Waals surface area contributed by atoms with Crippen LogP contribution in [-0.4, -0.2) is 7.97 Å². The Balaban J connectivity index is 4.00. The lowest BCUT2D eigenvalue weighted by atomic mass is 10.8. The van der Waals surface area contributed by atoms with Crippen molar-refractivity contribution >= 4 is 0 Å². The van der Waals surface area contributed by atoms with Gasteiger partial charge in [0.2, 0.25) is 6.24 Å². The molecule has 0 aliphatic rings. The van der Waals surface area contributed by atoms with Crippen LogP contribution in [0.3, 0.4) is 0 Å². The SMILES string of the molecule is [2H]/C(C)=C(/[2H])[O+]([2H])[2H]. The molecule has 0 unspecified atom stereocenters. The molecule has 0 amide bonds. The summed E-state index contributed by atoms with van der Waals surface area (Å²) >= 11 is 0. The van der Waals surface area contributed by atoms with Crippen molar-refractivity contribution in [3.63, 3.8) is 0 Å². The summed E-state index contributed by atoms with van der Waals surface area (Å²) in [5, 5.41) is 0.799. The summed E-state index contributed by atoms with van der Waals surface area (Å²) in [6.07, 6.45) is -0.481. The highest BCUT2D eigenvalue weighted by Crippen LogP contribution is 1.51. The van der Waals surface area contributed by atoms with Crippen molar-refractivity contribution in [3.05, 3.63) is 12.3 Å². The van der Waals surface area contributed by atoms with Crippen molar-refractivity contribution in [2.45, 2.75) is 6.92 Å². The van der Waals surface area contributed by atoms with Crippen LogP contribution in [0.4, 0.5) is 0 Å². The lowest BCUT2D eigenvalue weighted by Gasteiger charge is -1.50. The van der Waals surface area contributed by atoms with Crippen molar-refractivity contribution in [2.24, 2.45) is 0 Å². The van der Waals surface area contributed by atoms with Crippen molar-refractivity contribution in [1.82, 2.24) is 0 Å². The Morgan fingerprint density at radius 2 is 3.25 bits per heavy atom. The molecule has 0 aliphatic carbocycles. The zero-order valence-corrected chi connectivity index (χ0v) is 2.41. The third-order valence-electron chi connectivity index (χ3n) is 0.102. The minimum Gasteiger partial charge on any atom is -0.599 e. The molecule has 0 aliphatic heterocycles. The Bertz CT molecular complexity index is 104. The second-order valence-electron chi connectivity index (χ2n) is 0.352. The van der Waals surface area contributed by atoms with E-state index in [4.69, 9.17) is 5.60 Å². The Kier molecular flexibility index (Phi) is 0.339. The topological polar surface area (TPSA) is 22.9 Å². The third kappa shape index (κ3) is 1.54. The van der Waals surface area contributed by atoms with E-state index in [1.54, 1.807) is 0 Å². The Morgan fingerprint density at radius 3 is 3.25 bits per heavy atom. The smallest absolute Gasteiger partial charge is 0.554 e. The molecule has 0 rings (SSSR count). The summed E-state index contributed by atoms with van der Waals surface area (Å²) in [6.45, 7) is 1.34. The predicted molar refractivity (Wildman–Crippen MR) is 18.4 cm³/mol. The molecule has 0 atom stereocenters. The molecule has 1 nitrogen and oxygen atoms in total. The predicted octanol–water partition coefficient (Wildman–Crippen LogP) is 0.245. The van der Waals surface area contributed by atoms with Crippen LogP contribution in [0.15, 0.2) is 12.3 Å². The number of hydrogen-bond donors (Lipinski definition) is 0. The van der Waals surface area contributed by atoms with Gasteiger partial charge in [0.05, 0.1) is 1.37 Å². The van der Waals surface area contributed by atoms with Gasteiger partial charge in [0.25, 0.3) is 0 Å². The van der Waals surface area contributed by atoms with E-state index in [0.717, 1.165) is 5.11 Å². The first-order valence-electron chi connectivity index (χ1n) is 2.77. The van der Waals surface area contributed by atoms with Crippen molar-refractivity contribution in [1.29, 1.82) is 2.86 Å². The van der Waals surface area contributed by atoms with Gasteiger partial charge in [-0.25, -0.2) is 0 Å². The molecule has 0 bridgehead atoms. The van der Waals surface area contributed by atoms with Gasteiger partial charge >= 0.3 is 2.86 Å². The quantitative estimate of drug-likeness (QED) is 0.307. The summed E-state index contributed by atoms with van der Waals surface area (Å²) in [4.78, 5) is 0. The average Bonchev–Trinajstić information content (AvgIpc) is 1.64. The van der Waals surface area contributed by atoms with Crippen LogP contribution in [0.5, 0.6) is 0 Å². The largest absolute Gasteiger partial charge is 0.599 e. The molecule has 0 aromatic carbocycles. The Morgan fingerprint density at radius 1 is 2.50 bits per heavy atom. The van der Waals surface area contributed by atoms with Crippen LogP contribution in [0.1, 0.15) is 9.67 Å². The molecule has 24 valence electrons. The lowest BCUT2D eigenvalue weighted by Crippen LogP contribution is -1.36. The summed E-state index contributed by atoms with van der Waals surface area (Å²) in [5.74, 6) is 0. The van der Waals surface area contributed by atoms with Crippen LogP contribution in [0.2, 0.25) is 0 Å². The molecule has 0 heterocycles. The maximum absolute atomic E-state index is 6.70. The van der Waals surface area contributed by atoms with E-state index in [-0.39, 0.29) is 6.05 Å². The molecule has 4 heavy (non-hydrogen) atoms. The highest BCUT2D eigenvalue weighted by molar-refractivity contribution is 4.60. The fourth-order valence-electron chi connectivity index (χ4n) is 0. The van der Waals surface area contributed by atoms with E-state index in [9.17, 15) is 0 Å². The summed E-state index contributed by atoms with van der Waals surface area (Å²) in [6, 6.07) is -0.111. The molecule has 0 saturated carbocycles. The number of rotatable bonds is 1. The molecular weight excluding hydrogens is 52.0 g/mol. The molecule has 0 aromatic heterocycles. The third-order valence-corrected chi connectivity index (χ3v) is 0.102. The first kappa shape index (κ1) is 0.534.